The fourth-order valence-electron chi connectivity index (χ4n) is 1.89. The van der Waals surface area contributed by atoms with Crippen LogP contribution in [-0.2, 0) is 0 Å². The van der Waals surface area contributed by atoms with Crippen LogP contribution in [0.5, 0.6) is 0 Å². The van der Waals surface area contributed by atoms with Gasteiger partial charge in [0.25, 0.3) is 11.6 Å². The van der Waals surface area contributed by atoms with Crippen molar-refractivity contribution in [3.8, 4) is 0 Å². The summed E-state index contributed by atoms with van der Waals surface area (Å²) in [6.07, 6.45) is 0.812. The lowest BCUT2D eigenvalue weighted by Gasteiger charge is -2.12. The highest BCUT2D eigenvalue weighted by Crippen LogP contribution is 2.30. The van der Waals surface area contributed by atoms with E-state index in [0.29, 0.717) is 6.54 Å². The van der Waals surface area contributed by atoms with E-state index in [1.165, 1.54) is 0 Å². The van der Waals surface area contributed by atoms with Crippen molar-refractivity contribution in [3.05, 3.63) is 37.9 Å². The van der Waals surface area contributed by atoms with E-state index in [2.05, 4.69) is 10.6 Å². The first-order chi connectivity index (χ1) is 8.99. The van der Waals surface area contributed by atoms with Gasteiger partial charge < -0.3 is 10.6 Å². The number of nitro groups is 1. The van der Waals surface area contributed by atoms with Gasteiger partial charge in [0.1, 0.15) is 0 Å². The highest BCUT2D eigenvalue weighted by atomic mass is 35.5. The molecule has 19 heavy (non-hydrogen) atoms. The third kappa shape index (κ3) is 3.15. The molecule has 6 nitrogen and oxygen atoms in total. The van der Waals surface area contributed by atoms with Crippen molar-refractivity contribution in [3.63, 3.8) is 0 Å². The van der Waals surface area contributed by atoms with Crippen molar-refractivity contribution in [1.82, 2.24) is 10.6 Å². The van der Waals surface area contributed by atoms with E-state index in [9.17, 15) is 14.9 Å². The normalized spacial score (nSPS) is 18.3. The number of hydrogen-bond acceptors (Lipinski definition) is 4. The zero-order valence-corrected chi connectivity index (χ0v) is 11.3. The Morgan fingerprint density at radius 1 is 1.47 bits per heavy atom. The Balaban J connectivity index is 2.26. The molecule has 0 spiro atoms. The number of nitro benzene ring substituents is 1. The molecule has 1 heterocycles. The lowest BCUT2D eigenvalue weighted by atomic mass is 10.1. The minimum Gasteiger partial charge on any atom is -0.348 e. The molecular formula is C11H11Cl2N3O3. The predicted octanol–water partition coefficient (Wildman–Crippen LogP) is 1.99. The third-order valence-electron chi connectivity index (χ3n) is 2.86. The topological polar surface area (TPSA) is 84.3 Å². The minimum atomic E-state index is -0.615. The lowest BCUT2D eigenvalue weighted by Crippen LogP contribution is -2.36. The van der Waals surface area contributed by atoms with E-state index in [0.717, 1.165) is 25.1 Å². The van der Waals surface area contributed by atoms with Crippen LogP contribution in [-0.4, -0.2) is 30.0 Å². The standard InChI is InChI=1S/C11H11Cl2N3O3/c12-9-4-7(16(18)19)3-8(10(9)13)11(17)15-6-1-2-14-5-6/h3-4,6,14H,1-2,5H2,(H,15,17)/t6-/m1/s1. The van der Waals surface area contributed by atoms with Crippen LogP contribution in [0.2, 0.25) is 10.0 Å². The summed E-state index contributed by atoms with van der Waals surface area (Å²) in [5.41, 5.74) is -0.239. The van der Waals surface area contributed by atoms with Crippen LogP contribution in [0.25, 0.3) is 0 Å². The van der Waals surface area contributed by atoms with E-state index in [-0.39, 0.29) is 27.3 Å². The van der Waals surface area contributed by atoms with Crippen molar-refractivity contribution in [2.75, 3.05) is 13.1 Å². The highest BCUT2D eigenvalue weighted by molar-refractivity contribution is 6.44. The first-order valence-corrected chi connectivity index (χ1v) is 6.39. The molecule has 1 aromatic carbocycles. The number of nitrogens with zero attached hydrogens (tertiary/aromatic N) is 1. The molecule has 0 unspecified atom stereocenters. The Labute approximate surface area is 119 Å². The molecule has 2 rings (SSSR count). The fourth-order valence-corrected chi connectivity index (χ4v) is 2.29. The van der Waals surface area contributed by atoms with Crippen LogP contribution in [0.3, 0.4) is 0 Å². The molecule has 2 N–H and O–H groups in total. The zero-order valence-electron chi connectivity index (χ0n) is 9.78. The third-order valence-corrected chi connectivity index (χ3v) is 3.67. The molecule has 1 aliphatic rings. The Morgan fingerprint density at radius 3 is 2.79 bits per heavy atom. The van der Waals surface area contributed by atoms with Crippen molar-refractivity contribution in [2.45, 2.75) is 12.5 Å². The van der Waals surface area contributed by atoms with Crippen LogP contribution in [0, 0.1) is 10.1 Å². The molecule has 102 valence electrons. The van der Waals surface area contributed by atoms with E-state index < -0.39 is 10.8 Å². The number of amides is 1. The van der Waals surface area contributed by atoms with E-state index >= 15 is 0 Å². The fraction of sp³-hybridized carbons (Fsp3) is 0.364. The summed E-state index contributed by atoms with van der Waals surface area (Å²) in [5, 5.41) is 16.6. The van der Waals surface area contributed by atoms with Crippen LogP contribution in [0.4, 0.5) is 5.69 Å². The van der Waals surface area contributed by atoms with Crippen molar-refractivity contribution in [1.29, 1.82) is 0 Å². The number of hydrogen-bond donors (Lipinski definition) is 2. The van der Waals surface area contributed by atoms with E-state index in [4.69, 9.17) is 23.2 Å². The Morgan fingerprint density at radius 2 is 2.21 bits per heavy atom. The maximum Gasteiger partial charge on any atom is 0.271 e. The number of rotatable bonds is 3. The van der Waals surface area contributed by atoms with Crippen LogP contribution in [0.1, 0.15) is 16.8 Å². The average molecular weight is 304 g/mol. The average Bonchev–Trinajstić information content (AvgIpc) is 2.84. The second-order valence-electron chi connectivity index (χ2n) is 4.21. The van der Waals surface area contributed by atoms with Gasteiger partial charge in [0.15, 0.2) is 0 Å². The number of benzene rings is 1. The molecule has 1 aromatic rings. The quantitative estimate of drug-likeness (QED) is 0.660. The summed E-state index contributed by atoms with van der Waals surface area (Å²) in [4.78, 5) is 22.2. The second kappa shape index (κ2) is 5.73. The lowest BCUT2D eigenvalue weighted by molar-refractivity contribution is -0.384. The Kier molecular flexibility index (Phi) is 4.24. The van der Waals surface area contributed by atoms with Gasteiger partial charge in [-0.3, -0.25) is 14.9 Å². The smallest absolute Gasteiger partial charge is 0.271 e. The molecule has 1 fully saturated rings. The number of nitrogens with one attached hydrogen (secondary N) is 2. The Hall–Kier alpha value is -1.37. The molecule has 1 saturated heterocycles. The van der Waals surface area contributed by atoms with Crippen molar-refractivity contribution >= 4 is 34.8 Å². The van der Waals surface area contributed by atoms with Crippen LogP contribution in [0.15, 0.2) is 12.1 Å². The summed E-state index contributed by atoms with van der Waals surface area (Å²) in [7, 11) is 0. The number of non-ortho nitro benzene ring substituents is 1. The van der Waals surface area contributed by atoms with Gasteiger partial charge in [-0.25, -0.2) is 0 Å². The van der Waals surface area contributed by atoms with Crippen molar-refractivity contribution in [2.24, 2.45) is 0 Å². The molecule has 0 aliphatic carbocycles. The summed E-state index contributed by atoms with van der Waals surface area (Å²) in [6, 6.07) is 2.26. The summed E-state index contributed by atoms with van der Waals surface area (Å²) < 4.78 is 0. The largest absolute Gasteiger partial charge is 0.348 e. The SMILES string of the molecule is O=C(N[C@@H]1CCNC1)c1cc([N+](=O)[O-])cc(Cl)c1Cl. The molecule has 1 aliphatic heterocycles. The maximum absolute atomic E-state index is 12.0. The molecule has 1 amide bonds. The van der Waals surface area contributed by atoms with Gasteiger partial charge in [0.05, 0.1) is 20.5 Å². The van der Waals surface area contributed by atoms with Gasteiger partial charge in [0, 0.05) is 24.7 Å². The molecule has 0 saturated carbocycles. The first kappa shape index (κ1) is 14.0. The van der Waals surface area contributed by atoms with Gasteiger partial charge in [-0.2, -0.15) is 0 Å². The van der Waals surface area contributed by atoms with Gasteiger partial charge in [-0.05, 0) is 13.0 Å². The molecular weight excluding hydrogens is 293 g/mol. The Bertz CT molecular complexity index is 530. The van der Waals surface area contributed by atoms with Gasteiger partial charge in [-0.15, -0.1) is 0 Å². The summed E-state index contributed by atoms with van der Waals surface area (Å²) >= 11 is 11.7. The summed E-state index contributed by atoms with van der Waals surface area (Å²) in [6.45, 7) is 1.50. The van der Waals surface area contributed by atoms with Crippen molar-refractivity contribution < 1.29 is 9.72 Å². The maximum atomic E-state index is 12.0. The number of carbonyl (C=O) groups is 1. The number of halogens is 2. The molecule has 0 radical (unpaired) electrons. The molecule has 1 atom stereocenters. The van der Waals surface area contributed by atoms with Gasteiger partial charge in [0.2, 0.25) is 0 Å². The minimum absolute atomic E-state index is 0.00149. The first-order valence-electron chi connectivity index (χ1n) is 5.64. The molecule has 0 aromatic heterocycles. The second-order valence-corrected chi connectivity index (χ2v) is 4.99. The van der Waals surface area contributed by atoms with Crippen LogP contribution >= 0.6 is 23.2 Å². The van der Waals surface area contributed by atoms with Crippen LogP contribution < -0.4 is 10.6 Å². The highest BCUT2D eigenvalue weighted by Gasteiger charge is 2.22. The van der Waals surface area contributed by atoms with E-state index in [1.54, 1.807) is 0 Å². The monoisotopic (exact) mass is 303 g/mol. The molecule has 0 bridgehead atoms. The summed E-state index contributed by atoms with van der Waals surface area (Å²) in [5.74, 6) is -0.454. The number of carbonyl (C=O) groups excluding carboxylic acids is 1. The predicted molar refractivity (Wildman–Crippen MR) is 71.9 cm³/mol. The zero-order chi connectivity index (χ0) is 14.0. The van der Waals surface area contributed by atoms with Gasteiger partial charge >= 0.3 is 0 Å². The molecule has 8 heteroatoms. The van der Waals surface area contributed by atoms with Gasteiger partial charge in [-0.1, -0.05) is 23.2 Å². The van der Waals surface area contributed by atoms with E-state index in [1.807, 2.05) is 0 Å².